The van der Waals surface area contributed by atoms with Gasteiger partial charge in [-0.25, -0.2) is 9.37 Å². The normalized spacial score (nSPS) is 17.6. The van der Waals surface area contributed by atoms with Crippen LogP contribution in [0.3, 0.4) is 0 Å². The fourth-order valence-electron chi connectivity index (χ4n) is 2.71. The molecule has 2 rings (SSSR count). The highest BCUT2D eigenvalue weighted by atomic mass is 19.1. The van der Waals surface area contributed by atoms with Crippen molar-refractivity contribution >= 4 is 11.7 Å². The number of carbonyl (C=O) groups is 1. The minimum atomic E-state index is -0.578. The molecule has 1 aliphatic rings. The highest BCUT2D eigenvalue weighted by molar-refractivity contribution is 5.95. The van der Waals surface area contributed by atoms with Crippen LogP contribution in [0.4, 0.5) is 10.2 Å². The van der Waals surface area contributed by atoms with Crippen LogP contribution in [-0.4, -0.2) is 23.0 Å². The number of amides is 1. The second-order valence-corrected chi connectivity index (χ2v) is 5.63. The van der Waals surface area contributed by atoms with E-state index in [-0.39, 0.29) is 22.8 Å². The molecule has 1 amide bonds. The zero-order chi connectivity index (χ0) is 14.6. The van der Waals surface area contributed by atoms with Crippen LogP contribution in [0.2, 0.25) is 0 Å². The number of anilines is 1. The molecule has 1 aromatic rings. The Morgan fingerprint density at radius 1 is 1.40 bits per heavy atom. The molecule has 2 N–H and O–H groups in total. The molecule has 5 heteroatoms. The van der Waals surface area contributed by atoms with Crippen molar-refractivity contribution in [1.82, 2.24) is 10.3 Å². The third-order valence-corrected chi connectivity index (χ3v) is 3.85. The summed E-state index contributed by atoms with van der Waals surface area (Å²) in [6.07, 6.45) is 6.78. The van der Waals surface area contributed by atoms with Crippen molar-refractivity contribution in [2.75, 3.05) is 11.9 Å². The minimum Gasteiger partial charge on any atom is -0.368 e. The van der Waals surface area contributed by atoms with Gasteiger partial charge in [0.05, 0.1) is 5.56 Å². The van der Waals surface area contributed by atoms with E-state index >= 15 is 0 Å². The maximum atomic E-state index is 14.2. The predicted molar refractivity (Wildman–Crippen MR) is 77.3 cm³/mol. The number of nitrogens with zero attached hydrogens (tertiary/aromatic N) is 1. The molecule has 0 bridgehead atoms. The zero-order valence-corrected chi connectivity index (χ0v) is 12.1. The molecule has 0 radical (unpaired) electrons. The third-order valence-electron chi connectivity index (χ3n) is 3.85. The Morgan fingerprint density at radius 2 is 2.10 bits per heavy atom. The lowest BCUT2D eigenvalue weighted by Gasteiger charge is -2.34. The molecule has 0 spiro atoms. The molecule has 1 saturated carbocycles. The van der Waals surface area contributed by atoms with Crippen molar-refractivity contribution in [2.45, 2.75) is 51.5 Å². The standard InChI is InChI=1S/C15H22FN3O/c1-3-17-13-12(16)11(7-10-18-13)14(20)19-15(2)8-5-4-6-9-15/h7,10H,3-6,8-9H2,1-2H3,(H,17,18)(H,19,20). The van der Waals surface area contributed by atoms with E-state index in [2.05, 4.69) is 15.6 Å². The summed E-state index contributed by atoms with van der Waals surface area (Å²) in [5.74, 6) is -0.798. The van der Waals surface area contributed by atoms with Gasteiger partial charge in [0.1, 0.15) is 0 Å². The number of aromatic nitrogens is 1. The summed E-state index contributed by atoms with van der Waals surface area (Å²) < 4.78 is 14.2. The van der Waals surface area contributed by atoms with E-state index in [0.717, 1.165) is 25.7 Å². The average molecular weight is 279 g/mol. The summed E-state index contributed by atoms with van der Waals surface area (Å²) in [6.45, 7) is 4.46. The molecular formula is C15H22FN3O. The number of nitrogens with one attached hydrogen (secondary N) is 2. The number of rotatable bonds is 4. The van der Waals surface area contributed by atoms with Gasteiger partial charge >= 0.3 is 0 Å². The topological polar surface area (TPSA) is 54.0 Å². The lowest BCUT2D eigenvalue weighted by Crippen LogP contribution is -2.47. The Morgan fingerprint density at radius 3 is 2.75 bits per heavy atom. The second-order valence-electron chi connectivity index (χ2n) is 5.63. The molecule has 4 nitrogen and oxygen atoms in total. The molecule has 1 aliphatic carbocycles. The smallest absolute Gasteiger partial charge is 0.254 e. The molecule has 0 aliphatic heterocycles. The van der Waals surface area contributed by atoms with E-state index < -0.39 is 5.82 Å². The van der Waals surface area contributed by atoms with Crippen LogP contribution >= 0.6 is 0 Å². The number of hydrogen-bond donors (Lipinski definition) is 2. The molecule has 1 fully saturated rings. The van der Waals surface area contributed by atoms with Gasteiger partial charge in [-0.1, -0.05) is 19.3 Å². The first-order valence-corrected chi connectivity index (χ1v) is 7.26. The Balaban J connectivity index is 2.14. The first kappa shape index (κ1) is 14.8. The van der Waals surface area contributed by atoms with Crippen LogP contribution in [0.25, 0.3) is 0 Å². The Labute approximate surface area is 119 Å². The van der Waals surface area contributed by atoms with Crippen LogP contribution in [0.15, 0.2) is 12.3 Å². The second kappa shape index (κ2) is 6.20. The van der Waals surface area contributed by atoms with E-state index in [1.54, 1.807) is 0 Å². The molecular weight excluding hydrogens is 257 g/mol. The maximum Gasteiger partial charge on any atom is 0.254 e. The van der Waals surface area contributed by atoms with Gasteiger partial charge in [-0.3, -0.25) is 4.79 Å². The van der Waals surface area contributed by atoms with Crippen molar-refractivity contribution in [1.29, 1.82) is 0 Å². The van der Waals surface area contributed by atoms with Crippen molar-refractivity contribution in [3.8, 4) is 0 Å². The van der Waals surface area contributed by atoms with E-state index in [0.29, 0.717) is 6.54 Å². The van der Waals surface area contributed by atoms with E-state index in [1.807, 2.05) is 13.8 Å². The van der Waals surface area contributed by atoms with Crippen LogP contribution in [0, 0.1) is 5.82 Å². The highest BCUT2D eigenvalue weighted by Gasteiger charge is 2.29. The Bertz CT molecular complexity index is 484. The minimum absolute atomic E-state index is 0.0581. The van der Waals surface area contributed by atoms with Gasteiger partial charge in [-0.05, 0) is 32.8 Å². The fourth-order valence-corrected chi connectivity index (χ4v) is 2.71. The van der Waals surface area contributed by atoms with Crippen LogP contribution < -0.4 is 10.6 Å². The summed E-state index contributed by atoms with van der Waals surface area (Å²) in [4.78, 5) is 16.2. The van der Waals surface area contributed by atoms with Gasteiger partial charge in [-0.15, -0.1) is 0 Å². The first-order valence-electron chi connectivity index (χ1n) is 7.26. The zero-order valence-electron chi connectivity index (χ0n) is 12.1. The predicted octanol–water partition coefficient (Wildman–Crippen LogP) is 3.11. The van der Waals surface area contributed by atoms with Gasteiger partial charge < -0.3 is 10.6 Å². The Hall–Kier alpha value is -1.65. The van der Waals surface area contributed by atoms with E-state index in [9.17, 15) is 9.18 Å². The monoisotopic (exact) mass is 279 g/mol. The van der Waals surface area contributed by atoms with Crippen molar-refractivity contribution < 1.29 is 9.18 Å². The van der Waals surface area contributed by atoms with Gasteiger partial charge in [0.2, 0.25) is 0 Å². The largest absolute Gasteiger partial charge is 0.368 e. The lowest BCUT2D eigenvalue weighted by molar-refractivity contribution is 0.0878. The molecule has 0 unspecified atom stereocenters. The molecule has 1 heterocycles. The van der Waals surface area contributed by atoms with E-state index in [1.165, 1.54) is 18.7 Å². The van der Waals surface area contributed by atoms with Gasteiger partial charge in [0, 0.05) is 18.3 Å². The molecule has 110 valence electrons. The van der Waals surface area contributed by atoms with E-state index in [4.69, 9.17) is 0 Å². The third kappa shape index (κ3) is 3.26. The summed E-state index contributed by atoms with van der Waals surface area (Å²) in [6, 6.07) is 1.43. The fraction of sp³-hybridized carbons (Fsp3) is 0.600. The van der Waals surface area contributed by atoms with Crippen molar-refractivity contribution in [3.63, 3.8) is 0 Å². The SMILES string of the molecule is CCNc1nccc(C(=O)NC2(C)CCCCC2)c1F. The Kier molecular flexibility index (Phi) is 4.57. The molecule has 1 aromatic heterocycles. The van der Waals surface area contributed by atoms with Gasteiger partial charge in [0.15, 0.2) is 11.6 Å². The summed E-state index contributed by atoms with van der Waals surface area (Å²) in [5.41, 5.74) is -0.161. The summed E-state index contributed by atoms with van der Waals surface area (Å²) in [7, 11) is 0. The number of carbonyl (C=O) groups excluding carboxylic acids is 1. The lowest BCUT2D eigenvalue weighted by atomic mass is 9.83. The summed E-state index contributed by atoms with van der Waals surface area (Å²) >= 11 is 0. The molecule has 0 aromatic carbocycles. The van der Waals surface area contributed by atoms with Gasteiger partial charge in [0.25, 0.3) is 5.91 Å². The number of pyridine rings is 1. The van der Waals surface area contributed by atoms with Crippen LogP contribution in [0.5, 0.6) is 0 Å². The molecule has 20 heavy (non-hydrogen) atoms. The molecule has 0 atom stereocenters. The van der Waals surface area contributed by atoms with Crippen LogP contribution in [-0.2, 0) is 0 Å². The number of hydrogen-bond acceptors (Lipinski definition) is 3. The molecule has 0 saturated heterocycles. The summed E-state index contributed by atoms with van der Waals surface area (Å²) in [5, 5.41) is 5.81. The van der Waals surface area contributed by atoms with Crippen LogP contribution in [0.1, 0.15) is 56.3 Å². The number of halogens is 1. The van der Waals surface area contributed by atoms with Gasteiger partial charge in [-0.2, -0.15) is 0 Å². The highest BCUT2D eigenvalue weighted by Crippen LogP contribution is 2.28. The first-order chi connectivity index (χ1) is 9.56. The quantitative estimate of drug-likeness (QED) is 0.890. The van der Waals surface area contributed by atoms with Crippen molar-refractivity contribution in [2.24, 2.45) is 0 Å². The average Bonchev–Trinajstić information content (AvgIpc) is 2.41. The maximum absolute atomic E-state index is 14.2. The van der Waals surface area contributed by atoms with Crippen molar-refractivity contribution in [3.05, 3.63) is 23.6 Å².